The van der Waals surface area contributed by atoms with Crippen molar-refractivity contribution in [2.24, 2.45) is 0 Å². The Bertz CT molecular complexity index is 807. The second kappa shape index (κ2) is 5.57. The second-order valence-electron chi connectivity index (χ2n) is 4.76. The van der Waals surface area contributed by atoms with E-state index in [0.717, 1.165) is 18.4 Å². The summed E-state index contributed by atoms with van der Waals surface area (Å²) in [4.78, 5) is 10.9. The van der Waals surface area contributed by atoms with Crippen LogP contribution in [0.25, 0.3) is 11.1 Å². The number of halogens is 3. The Balaban J connectivity index is 2.55. The van der Waals surface area contributed by atoms with Crippen LogP contribution in [0.3, 0.4) is 0 Å². The van der Waals surface area contributed by atoms with Crippen LogP contribution in [0.5, 0.6) is 0 Å². The summed E-state index contributed by atoms with van der Waals surface area (Å²) in [5.41, 5.74) is -0.449. The number of sulfone groups is 1. The van der Waals surface area contributed by atoms with Crippen molar-refractivity contribution in [2.75, 3.05) is 6.26 Å². The number of aldehydes is 1. The van der Waals surface area contributed by atoms with Gasteiger partial charge in [0.05, 0.1) is 10.5 Å². The Hall–Kier alpha value is -2.15. The van der Waals surface area contributed by atoms with E-state index in [1.165, 1.54) is 30.3 Å². The van der Waals surface area contributed by atoms with E-state index < -0.39 is 21.6 Å². The van der Waals surface area contributed by atoms with Crippen molar-refractivity contribution in [1.29, 1.82) is 0 Å². The van der Waals surface area contributed by atoms with E-state index in [1.54, 1.807) is 0 Å². The quantitative estimate of drug-likeness (QED) is 0.809. The zero-order valence-electron chi connectivity index (χ0n) is 11.4. The molecule has 2 aromatic carbocycles. The van der Waals surface area contributed by atoms with Crippen LogP contribution >= 0.6 is 0 Å². The van der Waals surface area contributed by atoms with Crippen LogP contribution in [-0.4, -0.2) is 21.0 Å². The SMILES string of the molecule is CS(=O)(=O)c1ccc(-c2cc(C=O)cc(C(F)(F)F)c2)cc1. The van der Waals surface area contributed by atoms with E-state index in [9.17, 15) is 26.4 Å². The molecule has 0 atom stereocenters. The summed E-state index contributed by atoms with van der Waals surface area (Å²) in [7, 11) is -3.38. The Morgan fingerprint density at radius 1 is 0.955 bits per heavy atom. The van der Waals surface area contributed by atoms with Crippen molar-refractivity contribution >= 4 is 16.1 Å². The molecule has 0 aliphatic carbocycles. The first kappa shape index (κ1) is 16.2. The van der Waals surface area contributed by atoms with E-state index in [1.807, 2.05) is 0 Å². The van der Waals surface area contributed by atoms with Crippen LogP contribution in [0, 0.1) is 0 Å². The molecule has 0 bridgehead atoms. The Morgan fingerprint density at radius 3 is 2.00 bits per heavy atom. The lowest BCUT2D eigenvalue weighted by atomic mass is 10.00. The lowest BCUT2D eigenvalue weighted by Gasteiger charge is -2.10. The lowest BCUT2D eigenvalue weighted by molar-refractivity contribution is -0.137. The molecule has 7 heteroatoms. The zero-order valence-corrected chi connectivity index (χ0v) is 12.2. The molecule has 0 fully saturated rings. The van der Waals surface area contributed by atoms with E-state index in [0.29, 0.717) is 11.8 Å². The maximum absolute atomic E-state index is 12.8. The molecule has 116 valence electrons. The highest BCUT2D eigenvalue weighted by Crippen LogP contribution is 2.33. The molecule has 0 saturated carbocycles. The maximum Gasteiger partial charge on any atom is 0.416 e. The molecule has 0 aliphatic heterocycles. The Labute approximate surface area is 125 Å². The molecule has 0 radical (unpaired) electrons. The molecule has 0 aliphatic rings. The molecule has 0 N–H and O–H groups in total. The van der Waals surface area contributed by atoms with E-state index >= 15 is 0 Å². The van der Waals surface area contributed by atoms with E-state index in [-0.39, 0.29) is 16.0 Å². The van der Waals surface area contributed by atoms with Crippen molar-refractivity contribution in [3.63, 3.8) is 0 Å². The molecule has 0 spiro atoms. The topological polar surface area (TPSA) is 51.2 Å². The third-order valence-electron chi connectivity index (χ3n) is 3.03. The van der Waals surface area contributed by atoms with Crippen LogP contribution < -0.4 is 0 Å². The normalized spacial score (nSPS) is 12.2. The van der Waals surface area contributed by atoms with Gasteiger partial charge in [0, 0.05) is 11.8 Å². The second-order valence-corrected chi connectivity index (χ2v) is 6.77. The number of benzene rings is 2. The molecular formula is C15H11F3O3S. The number of hydrogen-bond donors (Lipinski definition) is 0. The van der Waals surface area contributed by atoms with E-state index in [2.05, 4.69) is 0 Å². The van der Waals surface area contributed by atoms with Crippen molar-refractivity contribution in [3.05, 3.63) is 53.6 Å². The molecule has 0 amide bonds. The average molecular weight is 328 g/mol. The summed E-state index contributed by atoms with van der Waals surface area (Å²) in [5.74, 6) is 0. The molecular weight excluding hydrogens is 317 g/mol. The highest BCUT2D eigenvalue weighted by molar-refractivity contribution is 7.90. The predicted octanol–water partition coefficient (Wildman–Crippen LogP) is 3.59. The van der Waals surface area contributed by atoms with Gasteiger partial charge in [-0.1, -0.05) is 12.1 Å². The summed E-state index contributed by atoms with van der Waals surface area (Å²) in [6.07, 6.45) is -3.19. The highest BCUT2D eigenvalue weighted by atomic mass is 32.2. The molecule has 2 rings (SSSR count). The summed E-state index contributed by atoms with van der Waals surface area (Å²) < 4.78 is 61.2. The van der Waals surface area contributed by atoms with Gasteiger partial charge in [0.2, 0.25) is 0 Å². The first-order valence-electron chi connectivity index (χ1n) is 6.09. The van der Waals surface area contributed by atoms with Crippen LogP contribution in [0.1, 0.15) is 15.9 Å². The van der Waals surface area contributed by atoms with Gasteiger partial charge in [-0.25, -0.2) is 8.42 Å². The van der Waals surface area contributed by atoms with Crippen LogP contribution in [0.15, 0.2) is 47.4 Å². The number of carbonyl (C=O) groups is 1. The standard InChI is InChI=1S/C15H11F3O3S/c1-22(20,21)14-4-2-11(3-5-14)12-6-10(9-19)7-13(8-12)15(16,17)18/h2-9H,1H3. The number of alkyl halides is 3. The minimum atomic E-state index is -4.57. The van der Waals surface area contributed by atoms with Gasteiger partial charge in [0.1, 0.15) is 6.29 Å². The third kappa shape index (κ3) is 3.54. The van der Waals surface area contributed by atoms with Crippen molar-refractivity contribution < 1.29 is 26.4 Å². The fourth-order valence-electron chi connectivity index (χ4n) is 1.94. The highest BCUT2D eigenvalue weighted by Gasteiger charge is 2.31. The average Bonchev–Trinajstić information content (AvgIpc) is 2.45. The molecule has 3 nitrogen and oxygen atoms in total. The molecule has 0 unspecified atom stereocenters. The van der Waals surface area contributed by atoms with Gasteiger partial charge < -0.3 is 0 Å². The Morgan fingerprint density at radius 2 is 1.55 bits per heavy atom. The maximum atomic E-state index is 12.8. The Kier molecular flexibility index (Phi) is 4.10. The molecule has 0 aromatic heterocycles. The fourth-order valence-corrected chi connectivity index (χ4v) is 2.58. The number of carbonyl (C=O) groups excluding carboxylic acids is 1. The lowest BCUT2D eigenvalue weighted by Crippen LogP contribution is -2.06. The monoisotopic (exact) mass is 328 g/mol. The van der Waals surface area contributed by atoms with Gasteiger partial charge in [0.15, 0.2) is 9.84 Å². The summed E-state index contributed by atoms with van der Waals surface area (Å²) in [6, 6.07) is 8.43. The fraction of sp³-hybridized carbons (Fsp3) is 0.133. The molecule has 0 heterocycles. The minimum Gasteiger partial charge on any atom is -0.298 e. The molecule has 2 aromatic rings. The van der Waals surface area contributed by atoms with Gasteiger partial charge in [-0.2, -0.15) is 13.2 Å². The summed E-state index contributed by atoms with van der Waals surface area (Å²) in [6.45, 7) is 0. The predicted molar refractivity (Wildman–Crippen MR) is 75.4 cm³/mol. The first-order valence-corrected chi connectivity index (χ1v) is 7.98. The van der Waals surface area contributed by atoms with Gasteiger partial charge >= 0.3 is 6.18 Å². The summed E-state index contributed by atoms with van der Waals surface area (Å²) >= 11 is 0. The van der Waals surface area contributed by atoms with Crippen LogP contribution in [-0.2, 0) is 16.0 Å². The minimum absolute atomic E-state index is 0.0684. The first-order chi connectivity index (χ1) is 10.1. The van der Waals surface area contributed by atoms with Gasteiger partial charge in [-0.15, -0.1) is 0 Å². The van der Waals surface area contributed by atoms with Crippen LogP contribution in [0.4, 0.5) is 13.2 Å². The number of hydrogen-bond acceptors (Lipinski definition) is 3. The zero-order chi connectivity index (χ0) is 16.5. The van der Waals surface area contributed by atoms with Crippen LogP contribution in [0.2, 0.25) is 0 Å². The molecule has 0 saturated heterocycles. The van der Waals surface area contributed by atoms with Gasteiger partial charge in [-0.3, -0.25) is 4.79 Å². The largest absolute Gasteiger partial charge is 0.416 e. The van der Waals surface area contributed by atoms with Crippen molar-refractivity contribution in [1.82, 2.24) is 0 Å². The van der Waals surface area contributed by atoms with E-state index in [4.69, 9.17) is 0 Å². The van der Waals surface area contributed by atoms with Crippen molar-refractivity contribution in [3.8, 4) is 11.1 Å². The van der Waals surface area contributed by atoms with Gasteiger partial charge in [-0.05, 0) is 41.5 Å². The van der Waals surface area contributed by atoms with Crippen molar-refractivity contribution in [2.45, 2.75) is 11.1 Å². The smallest absolute Gasteiger partial charge is 0.298 e. The number of rotatable bonds is 3. The molecule has 22 heavy (non-hydrogen) atoms. The van der Waals surface area contributed by atoms with Gasteiger partial charge in [0.25, 0.3) is 0 Å². The summed E-state index contributed by atoms with van der Waals surface area (Å²) in [5, 5.41) is 0. The third-order valence-corrected chi connectivity index (χ3v) is 4.16.